The summed E-state index contributed by atoms with van der Waals surface area (Å²) in [4.78, 5) is 14.1. The van der Waals surface area contributed by atoms with Crippen LogP contribution in [-0.2, 0) is 4.79 Å². The van der Waals surface area contributed by atoms with E-state index in [0.29, 0.717) is 10.6 Å². The fourth-order valence-corrected chi connectivity index (χ4v) is 1.42. The monoisotopic (exact) mass is 234 g/mol. The molecule has 0 saturated carbocycles. The van der Waals surface area contributed by atoms with E-state index in [1.165, 1.54) is 12.3 Å². The molecule has 0 aliphatic carbocycles. The zero-order valence-corrected chi connectivity index (χ0v) is 8.59. The van der Waals surface area contributed by atoms with Crippen molar-refractivity contribution in [3.63, 3.8) is 0 Å². The van der Waals surface area contributed by atoms with Crippen LogP contribution in [0.15, 0.2) is 12.3 Å². The minimum Gasteiger partial charge on any atom is -0.481 e. The van der Waals surface area contributed by atoms with E-state index in [1.807, 2.05) is 0 Å². The summed E-state index contributed by atoms with van der Waals surface area (Å²) in [6.07, 6.45) is 1.15. The van der Waals surface area contributed by atoms with Gasteiger partial charge in [0.05, 0.1) is 11.4 Å². The number of carboxylic acids is 1. The van der Waals surface area contributed by atoms with Gasteiger partial charge in [-0.1, -0.05) is 23.2 Å². The summed E-state index contributed by atoms with van der Waals surface area (Å²) in [5.41, 5.74) is 6.11. The molecule has 0 aliphatic heterocycles. The number of carboxylic acid groups (broad SMARTS) is 1. The molecule has 1 unspecified atom stereocenters. The van der Waals surface area contributed by atoms with Gasteiger partial charge in [0.15, 0.2) is 0 Å². The van der Waals surface area contributed by atoms with E-state index in [4.69, 9.17) is 34.0 Å². The number of hydrogen-bond donors (Lipinski definition) is 2. The standard InChI is InChI=1S/C8H8Cl2N2O2/c9-5-3-12-7(10)1-4(5)6(11)2-8(13)14/h1,3,6H,2,11H2,(H,13,14). The Labute approximate surface area is 90.6 Å². The first-order chi connectivity index (χ1) is 6.50. The van der Waals surface area contributed by atoms with Gasteiger partial charge in [0, 0.05) is 12.2 Å². The predicted octanol–water partition coefficient (Wildman–Crippen LogP) is 1.86. The minimum absolute atomic E-state index is 0.194. The topological polar surface area (TPSA) is 76.2 Å². The lowest BCUT2D eigenvalue weighted by molar-refractivity contribution is -0.137. The smallest absolute Gasteiger partial charge is 0.305 e. The van der Waals surface area contributed by atoms with Gasteiger partial charge in [0.2, 0.25) is 0 Å². The first-order valence-electron chi connectivity index (χ1n) is 3.79. The van der Waals surface area contributed by atoms with E-state index >= 15 is 0 Å². The first-order valence-corrected chi connectivity index (χ1v) is 4.54. The maximum absolute atomic E-state index is 10.4. The highest BCUT2D eigenvalue weighted by atomic mass is 35.5. The Morgan fingerprint density at radius 1 is 1.64 bits per heavy atom. The molecule has 76 valence electrons. The predicted molar refractivity (Wildman–Crippen MR) is 53.4 cm³/mol. The maximum Gasteiger partial charge on any atom is 0.305 e. The molecule has 0 aliphatic rings. The number of nitrogens with zero attached hydrogens (tertiary/aromatic N) is 1. The average Bonchev–Trinajstić information content (AvgIpc) is 2.08. The summed E-state index contributed by atoms with van der Waals surface area (Å²) >= 11 is 11.4. The summed E-state index contributed by atoms with van der Waals surface area (Å²) in [5, 5.41) is 9.10. The summed E-state index contributed by atoms with van der Waals surface area (Å²) < 4.78 is 0. The lowest BCUT2D eigenvalue weighted by Gasteiger charge is -2.10. The van der Waals surface area contributed by atoms with E-state index in [0.717, 1.165) is 0 Å². The fraction of sp³-hybridized carbons (Fsp3) is 0.250. The molecule has 1 heterocycles. The second-order valence-corrected chi connectivity index (χ2v) is 3.53. The highest BCUT2D eigenvalue weighted by molar-refractivity contribution is 6.32. The molecule has 0 saturated heterocycles. The van der Waals surface area contributed by atoms with Crippen molar-refractivity contribution in [2.24, 2.45) is 5.73 Å². The third-order valence-electron chi connectivity index (χ3n) is 1.65. The highest BCUT2D eigenvalue weighted by Gasteiger charge is 2.14. The Morgan fingerprint density at radius 3 is 2.86 bits per heavy atom. The Balaban J connectivity index is 2.93. The van der Waals surface area contributed by atoms with Crippen molar-refractivity contribution in [3.8, 4) is 0 Å². The van der Waals surface area contributed by atoms with Crippen molar-refractivity contribution in [3.05, 3.63) is 28.0 Å². The van der Waals surface area contributed by atoms with Gasteiger partial charge in [-0.25, -0.2) is 4.98 Å². The second-order valence-electron chi connectivity index (χ2n) is 2.73. The van der Waals surface area contributed by atoms with Crippen LogP contribution in [0.25, 0.3) is 0 Å². The van der Waals surface area contributed by atoms with Gasteiger partial charge in [0.1, 0.15) is 5.15 Å². The minimum atomic E-state index is -0.985. The molecule has 0 bridgehead atoms. The molecule has 1 atom stereocenters. The van der Waals surface area contributed by atoms with Crippen LogP contribution >= 0.6 is 23.2 Å². The summed E-state index contributed by atoms with van der Waals surface area (Å²) in [6, 6.07) is 0.804. The van der Waals surface area contributed by atoms with Gasteiger partial charge in [-0.05, 0) is 11.6 Å². The number of halogens is 2. The van der Waals surface area contributed by atoms with Crippen LogP contribution in [0.3, 0.4) is 0 Å². The zero-order valence-electron chi connectivity index (χ0n) is 7.08. The van der Waals surface area contributed by atoms with Gasteiger partial charge >= 0.3 is 5.97 Å². The van der Waals surface area contributed by atoms with E-state index in [1.54, 1.807) is 0 Å². The highest BCUT2D eigenvalue weighted by Crippen LogP contribution is 2.24. The molecule has 1 rings (SSSR count). The van der Waals surface area contributed by atoms with E-state index in [-0.39, 0.29) is 11.6 Å². The SMILES string of the molecule is NC(CC(=O)O)c1cc(Cl)ncc1Cl. The quantitative estimate of drug-likeness (QED) is 0.784. The van der Waals surface area contributed by atoms with Crippen molar-refractivity contribution in [2.75, 3.05) is 0 Å². The van der Waals surface area contributed by atoms with E-state index < -0.39 is 12.0 Å². The molecule has 4 nitrogen and oxygen atoms in total. The number of hydrogen-bond acceptors (Lipinski definition) is 3. The first kappa shape index (κ1) is 11.2. The normalized spacial score (nSPS) is 12.5. The van der Waals surface area contributed by atoms with Crippen molar-refractivity contribution in [2.45, 2.75) is 12.5 Å². The Morgan fingerprint density at radius 2 is 2.29 bits per heavy atom. The Hall–Kier alpha value is -0.840. The van der Waals surface area contributed by atoms with Crippen LogP contribution in [0.2, 0.25) is 10.2 Å². The lowest BCUT2D eigenvalue weighted by Crippen LogP contribution is -2.15. The second kappa shape index (κ2) is 4.59. The number of aliphatic carboxylic acids is 1. The van der Waals surface area contributed by atoms with Gasteiger partial charge in [-0.2, -0.15) is 0 Å². The number of carbonyl (C=O) groups is 1. The van der Waals surface area contributed by atoms with Crippen molar-refractivity contribution < 1.29 is 9.90 Å². The Kier molecular flexibility index (Phi) is 3.69. The van der Waals surface area contributed by atoms with Crippen LogP contribution in [-0.4, -0.2) is 16.1 Å². The average molecular weight is 235 g/mol. The molecule has 0 amide bonds. The van der Waals surface area contributed by atoms with Crippen molar-refractivity contribution in [1.29, 1.82) is 0 Å². The van der Waals surface area contributed by atoms with E-state index in [9.17, 15) is 4.79 Å². The lowest BCUT2D eigenvalue weighted by atomic mass is 10.1. The molecule has 0 radical (unpaired) electrons. The molecular formula is C8H8Cl2N2O2. The third kappa shape index (κ3) is 2.83. The number of rotatable bonds is 3. The van der Waals surface area contributed by atoms with Gasteiger partial charge in [-0.3, -0.25) is 4.79 Å². The molecule has 0 spiro atoms. The fourth-order valence-electron chi connectivity index (χ4n) is 1.01. The number of aromatic nitrogens is 1. The van der Waals surface area contributed by atoms with Crippen molar-refractivity contribution >= 4 is 29.2 Å². The van der Waals surface area contributed by atoms with Crippen LogP contribution in [0, 0.1) is 0 Å². The van der Waals surface area contributed by atoms with Crippen LogP contribution < -0.4 is 5.73 Å². The molecule has 6 heteroatoms. The maximum atomic E-state index is 10.4. The van der Waals surface area contributed by atoms with Crippen LogP contribution in [0.5, 0.6) is 0 Å². The Bertz CT molecular complexity index is 357. The number of nitrogens with two attached hydrogens (primary N) is 1. The van der Waals surface area contributed by atoms with Crippen molar-refractivity contribution in [1.82, 2.24) is 4.98 Å². The summed E-state index contributed by atoms with van der Waals surface area (Å²) in [5.74, 6) is -0.985. The summed E-state index contributed by atoms with van der Waals surface area (Å²) in [6.45, 7) is 0. The number of pyridine rings is 1. The van der Waals surface area contributed by atoms with Crippen LogP contribution in [0.1, 0.15) is 18.0 Å². The van der Waals surface area contributed by atoms with Gasteiger partial charge < -0.3 is 10.8 Å². The molecular weight excluding hydrogens is 227 g/mol. The van der Waals surface area contributed by atoms with Gasteiger partial charge in [0.25, 0.3) is 0 Å². The van der Waals surface area contributed by atoms with Crippen LogP contribution in [0.4, 0.5) is 0 Å². The molecule has 0 fully saturated rings. The summed E-state index contributed by atoms with van der Waals surface area (Å²) in [7, 11) is 0. The molecule has 3 N–H and O–H groups in total. The van der Waals surface area contributed by atoms with E-state index in [2.05, 4.69) is 4.98 Å². The molecule has 14 heavy (non-hydrogen) atoms. The molecule has 1 aromatic rings. The third-order valence-corrected chi connectivity index (χ3v) is 2.17. The molecule has 0 aromatic carbocycles. The zero-order chi connectivity index (χ0) is 10.7. The largest absolute Gasteiger partial charge is 0.481 e. The molecule has 1 aromatic heterocycles. The van der Waals surface area contributed by atoms with Gasteiger partial charge in [-0.15, -0.1) is 0 Å².